The number of hydrogen-bond acceptors (Lipinski definition) is 2. The number of urea groups is 1. The maximum atomic E-state index is 12.5. The molecule has 2 rings (SSSR count). The molecule has 5 heteroatoms. The van der Waals surface area contributed by atoms with Gasteiger partial charge in [-0.3, -0.25) is 0 Å². The second kappa shape index (κ2) is 6.16. The largest absolute Gasteiger partial charge is 0.479 e. The third-order valence-electron chi connectivity index (χ3n) is 4.25. The maximum Gasteiger partial charge on any atom is 0.333 e. The van der Waals surface area contributed by atoms with Gasteiger partial charge in [-0.1, -0.05) is 37.3 Å². The summed E-state index contributed by atoms with van der Waals surface area (Å²) in [7, 11) is 0. The molecule has 0 radical (unpaired) electrons. The maximum absolute atomic E-state index is 12.5. The van der Waals surface area contributed by atoms with E-state index < -0.39 is 11.5 Å². The van der Waals surface area contributed by atoms with Gasteiger partial charge in [0.1, 0.15) is 0 Å². The number of carbonyl (C=O) groups excluding carboxylic acids is 1. The molecule has 1 fully saturated rings. The molecule has 0 spiro atoms. The quantitative estimate of drug-likeness (QED) is 0.895. The SMILES string of the molecule is CCC1CCCN1C(=O)NC(C)(C(=O)O)c1ccccc1. The van der Waals surface area contributed by atoms with Gasteiger partial charge < -0.3 is 15.3 Å². The Hall–Kier alpha value is -2.04. The Labute approximate surface area is 125 Å². The van der Waals surface area contributed by atoms with Gasteiger partial charge in [-0.2, -0.15) is 0 Å². The number of amides is 2. The Morgan fingerprint density at radius 1 is 1.38 bits per heavy atom. The number of nitrogens with one attached hydrogen (secondary N) is 1. The van der Waals surface area contributed by atoms with Crippen LogP contribution in [-0.2, 0) is 10.3 Å². The Morgan fingerprint density at radius 2 is 2.05 bits per heavy atom. The van der Waals surface area contributed by atoms with Crippen molar-refractivity contribution in [1.29, 1.82) is 0 Å². The van der Waals surface area contributed by atoms with E-state index in [1.165, 1.54) is 6.92 Å². The normalized spacial score (nSPS) is 20.9. The van der Waals surface area contributed by atoms with Crippen LogP contribution in [0.5, 0.6) is 0 Å². The molecule has 0 aliphatic carbocycles. The summed E-state index contributed by atoms with van der Waals surface area (Å²) in [6, 6.07) is 8.71. The van der Waals surface area contributed by atoms with E-state index in [1.54, 1.807) is 29.2 Å². The predicted octanol–water partition coefficient (Wildman–Crippen LogP) is 2.57. The van der Waals surface area contributed by atoms with Gasteiger partial charge in [-0.05, 0) is 31.7 Å². The minimum Gasteiger partial charge on any atom is -0.479 e. The van der Waals surface area contributed by atoms with Crippen LogP contribution < -0.4 is 5.32 Å². The zero-order valence-corrected chi connectivity index (χ0v) is 12.5. The molecule has 0 saturated carbocycles. The molecule has 1 aliphatic rings. The van der Waals surface area contributed by atoms with E-state index >= 15 is 0 Å². The van der Waals surface area contributed by atoms with Gasteiger partial charge in [0, 0.05) is 12.6 Å². The molecule has 1 aromatic carbocycles. The summed E-state index contributed by atoms with van der Waals surface area (Å²) in [5, 5.41) is 12.3. The van der Waals surface area contributed by atoms with Crippen molar-refractivity contribution in [2.45, 2.75) is 44.7 Å². The number of hydrogen-bond donors (Lipinski definition) is 2. The number of likely N-dealkylation sites (tertiary alicyclic amines) is 1. The highest BCUT2D eigenvalue weighted by Gasteiger charge is 2.39. The van der Waals surface area contributed by atoms with Crippen LogP contribution in [0.3, 0.4) is 0 Å². The Balaban J connectivity index is 2.21. The van der Waals surface area contributed by atoms with Crippen LogP contribution in [0.4, 0.5) is 4.79 Å². The topological polar surface area (TPSA) is 69.6 Å². The number of aliphatic carboxylic acids is 1. The fraction of sp³-hybridized carbons (Fsp3) is 0.500. The van der Waals surface area contributed by atoms with E-state index in [4.69, 9.17) is 0 Å². The zero-order valence-electron chi connectivity index (χ0n) is 12.5. The van der Waals surface area contributed by atoms with Gasteiger partial charge in [0.25, 0.3) is 0 Å². The van der Waals surface area contributed by atoms with Crippen LogP contribution in [0.1, 0.15) is 38.7 Å². The Kier molecular flexibility index (Phi) is 4.50. The van der Waals surface area contributed by atoms with Gasteiger partial charge in [0.15, 0.2) is 5.54 Å². The van der Waals surface area contributed by atoms with Gasteiger partial charge in [0.05, 0.1) is 0 Å². The van der Waals surface area contributed by atoms with Gasteiger partial charge in [0.2, 0.25) is 0 Å². The minimum atomic E-state index is -1.42. The lowest BCUT2D eigenvalue weighted by Crippen LogP contribution is -2.54. The van der Waals surface area contributed by atoms with Gasteiger partial charge >= 0.3 is 12.0 Å². The molecule has 21 heavy (non-hydrogen) atoms. The first-order chi connectivity index (χ1) is 9.99. The number of carboxylic acid groups (broad SMARTS) is 1. The van der Waals surface area contributed by atoms with Crippen molar-refractivity contribution in [3.05, 3.63) is 35.9 Å². The van der Waals surface area contributed by atoms with E-state index in [9.17, 15) is 14.7 Å². The number of carbonyl (C=O) groups is 2. The molecule has 1 aliphatic heterocycles. The molecule has 2 amide bonds. The summed E-state index contributed by atoms with van der Waals surface area (Å²) in [6.45, 7) is 4.26. The van der Waals surface area contributed by atoms with Crippen molar-refractivity contribution < 1.29 is 14.7 Å². The standard InChI is InChI=1S/C16H22N2O3/c1-3-13-10-7-11-18(13)15(21)17-16(2,14(19)20)12-8-5-4-6-9-12/h4-6,8-9,13H,3,7,10-11H2,1-2H3,(H,17,21)(H,19,20). The van der Waals surface area contributed by atoms with E-state index in [2.05, 4.69) is 5.32 Å². The summed E-state index contributed by atoms with van der Waals surface area (Å²) in [4.78, 5) is 25.9. The summed E-state index contributed by atoms with van der Waals surface area (Å²) in [5.41, 5.74) is -0.850. The molecule has 2 unspecified atom stereocenters. The van der Waals surface area contributed by atoms with Crippen LogP contribution in [0, 0.1) is 0 Å². The zero-order chi connectivity index (χ0) is 15.5. The van der Waals surface area contributed by atoms with Crippen molar-refractivity contribution in [1.82, 2.24) is 10.2 Å². The van der Waals surface area contributed by atoms with Crippen molar-refractivity contribution in [3.63, 3.8) is 0 Å². The number of nitrogens with zero attached hydrogens (tertiary/aromatic N) is 1. The smallest absolute Gasteiger partial charge is 0.333 e. The third kappa shape index (κ3) is 3.01. The molecule has 2 atom stereocenters. The molecule has 0 aromatic heterocycles. The minimum absolute atomic E-state index is 0.207. The Bertz CT molecular complexity index is 518. The monoisotopic (exact) mass is 290 g/mol. The number of benzene rings is 1. The summed E-state index contributed by atoms with van der Waals surface area (Å²) < 4.78 is 0. The van der Waals surface area contributed by atoms with Crippen molar-refractivity contribution >= 4 is 12.0 Å². The lowest BCUT2D eigenvalue weighted by atomic mass is 9.92. The average molecular weight is 290 g/mol. The lowest BCUT2D eigenvalue weighted by Gasteiger charge is -2.31. The highest BCUT2D eigenvalue weighted by Crippen LogP contribution is 2.24. The molecule has 0 bridgehead atoms. The molecule has 1 heterocycles. The van der Waals surface area contributed by atoms with Crippen LogP contribution in [0.15, 0.2) is 30.3 Å². The third-order valence-corrected chi connectivity index (χ3v) is 4.25. The second-order valence-electron chi connectivity index (χ2n) is 5.62. The second-order valence-corrected chi connectivity index (χ2v) is 5.62. The highest BCUT2D eigenvalue weighted by atomic mass is 16.4. The van der Waals surface area contributed by atoms with E-state index in [0.29, 0.717) is 12.1 Å². The lowest BCUT2D eigenvalue weighted by molar-refractivity contribution is -0.144. The van der Waals surface area contributed by atoms with Crippen LogP contribution in [0.25, 0.3) is 0 Å². The fourth-order valence-corrected chi connectivity index (χ4v) is 2.83. The molecule has 2 N–H and O–H groups in total. The van der Waals surface area contributed by atoms with E-state index in [-0.39, 0.29) is 12.1 Å². The van der Waals surface area contributed by atoms with Crippen LogP contribution in [0.2, 0.25) is 0 Å². The molecular formula is C16H22N2O3. The van der Waals surface area contributed by atoms with E-state index in [1.807, 2.05) is 13.0 Å². The predicted molar refractivity (Wildman–Crippen MR) is 80.0 cm³/mol. The van der Waals surface area contributed by atoms with E-state index in [0.717, 1.165) is 19.3 Å². The number of rotatable bonds is 4. The fourth-order valence-electron chi connectivity index (χ4n) is 2.83. The molecule has 114 valence electrons. The van der Waals surface area contributed by atoms with Crippen molar-refractivity contribution in [2.75, 3.05) is 6.54 Å². The van der Waals surface area contributed by atoms with Crippen LogP contribution in [-0.4, -0.2) is 34.6 Å². The molecular weight excluding hydrogens is 268 g/mol. The Morgan fingerprint density at radius 3 is 2.62 bits per heavy atom. The molecule has 1 saturated heterocycles. The van der Waals surface area contributed by atoms with Gasteiger partial charge in [-0.25, -0.2) is 9.59 Å². The van der Waals surface area contributed by atoms with Crippen molar-refractivity contribution in [2.24, 2.45) is 0 Å². The summed E-state index contributed by atoms with van der Waals surface area (Å²) in [6.07, 6.45) is 2.85. The first-order valence-corrected chi connectivity index (χ1v) is 7.36. The first kappa shape index (κ1) is 15.4. The van der Waals surface area contributed by atoms with Crippen molar-refractivity contribution in [3.8, 4) is 0 Å². The van der Waals surface area contributed by atoms with Crippen LogP contribution >= 0.6 is 0 Å². The number of carboxylic acids is 1. The van der Waals surface area contributed by atoms with Gasteiger partial charge in [-0.15, -0.1) is 0 Å². The first-order valence-electron chi connectivity index (χ1n) is 7.36. The summed E-state index contributed by atoms with van der Waals surface area (Å²) >= 11 is 0. The highest BCUT2D eigenvalue weighted by molar-refractivity contribution is 5.87. The summed E-state index contributed by atoms with van der Waals surface area (Å²) in [5.74, 6) is -1.06. The molecule has 1 aromatic rings. The molecule has 5 nitrogen and oxygen atoms in total. The average Bonchev–Trinajstić information content (AvgIpc) is 2.96.